The number of rotatable bonds is 5. The van der Waals surface area contributed by atoms with E-state index in [1.165, 1.54) is 4.68 Å². The van der Waals surface area contributed by atoms with Crippen molar-refractivity contribution in [3.05, 3.63) is 71.5 Å². The lowest BCUT2D eigenvalue weighted by molar-refractivity contribution is 0.591. The van der Waals surface area contributed by atoms with Gasteiger partial charge in [-0.05, 0) is 40.6 Å². The zero-order chi connectivity index (χ0) is 16.3. The Bertz CT molecular complexity index is 905. The van der Waals surface area contributed by atoms with Crippen LogP contribution in [0.5, 0.6) is 0 Å². The number of nitrogens with zero attached hydrogens (tertiary/aromatic N) is 4. The lowest BCUT2D eigenvalue weighted by Crippen LogP contribution is -2.13. The van der Waals surface area contributed by atoms with Crippen molar-refractivity contribution in [2.75, 3.05) is 0 Å². The molecule has 3 rings (SSSR count). The molecule has 0 spiro atoms. The molecule has 0 saturated carbocycles. The average molecular weight is 328 g/mol. The monoisotopic (exact) mass is 328 g/mol. The number of benzene rings is 2. The first-order valence-electron chi connectivity index (χ1n) is 7.13. The standard InChI is InChI=1S/C16H16N4O2S/c1-13-7-5-6-8-14(13)11-23(21,22)12-16-17-18-19-20(16)15-9-3-2-4-10-15/h2-10H,11-12H2,1H3. The van der Waals surface area contributed by atoms with Gasteiger partial charge in [0.1, 0.15) is 5.75 Å². The van der Waals surface area contributed by atoms with Gasteiger partial charge in [0.05, 0.1) is 11.4 Å². The third-order valence-electron chi connectivity index (χ3n) is 3.52. The van der Waals surface area contributed by atoms with E-state index in [1.54, 1.807) is 0 Å². The van der Waals surface area contributed by atoms with Gasteiger partial charge >= 0.3 is 0 Å². The Balaban J connectivity index is 1.85. The molecule has 1 aromatic heterocycles. The highest BCUT2D eigenvalue weighted by Crippen LogP contribution is 2.16. The van der Waals surface area contributed by atoms with E-state index in [9.17, 15) is 8.42 Å². The number of hydrogen-bond donors (Lipinski definition) is 0. The smallest absolute Gasteiger partial charge is 0.171 e. The van der Waals surface area contributed by atoms with Crippen LogP contribution in [0.2, 0.25) is 0 Å². The Hall–Kier alpha value is -2.54. The summed E-state index contributed by atoms with van der Waals surface area (Å²) in [5, 5.41) is 11.4. The molecule has 7 heteroatoms. The van der Waals surface area contributed by atoms with Crippen molar-refractivity contribution in [1.29, 1.82) is 0 Å². The Morgan fingerprint density at radius 2 is 1.65 bits per heavy atom. The lowest BCUT2D eigenvalue weighted by Gasteiger charge is -2.07. The van der Waals surface area contributed by atoms with Gasteiger partial charge in [0.25, 0.3) is 0 Å². The molecule has 6 nitrogen and oxygen atoms in total. The molecule has 0 aliphatic carbocycles. The van der Waals surface area contributed by atoms with Gasteiger partial charge in [-0.15, -0.1) is 5.10 Å². The van der Waals surface area contributed by atoms with Gasteiger partial charge in [-0.1, -0.05) is 42.5 Å². The molecule has 0 N–H and O–H groups in total. The summed E-state index contributed by atoms with van der Waals surface area (Å²) < 4.78 is 26.4. The minimum absolute atomic E-state index is 0.0265. The van der Waals surface area contributed by atoms with Crippen LogP contribution in [0.1, 0.15) is 17.0 Å². The SMILES string of the molecule is Cc1ccccc1CS(=O)(=O)Cc1nnnn1-c1ccccc1. The number of aryl methyl sites for hydroxylation is 1. The van der Waals surface area contributed by atoms with Crippen LogP contribution in [0, 0.1) is 6.92 Å². The topological polar surface area (TPSA) is 77.7 Å². The van der Waals surface area contributed by atoms with Crippen molar-refractivity contribution < 1.29 is 8.42 Å². The van der Waals surface area contributed by atoms with E-state index in [2.05, 4.69) is 15.5 Å². The van der Waals surface area contributed by atoms with Gasteiger partial charge in [-0.25, -0.2) is 8.42 Å². The molecule has 1 heterocycles. The Morgan fingerprint density at radius 1 is 0.957 bits per heavy atom. The maximum atomic E-state index is 12.5. The van der Waals surface area contributed by atoms with E-state index in [-0.39, 0.29) is 11.5 Å². The first kappa shape index (κ1) is 15.4. The van der Waals surface area contributed by atoms with Crippen LogP contribution in [-0.2, 0) is 21.3 Å². The molecule has 0 amide bonds. The van der Waals surface area contributed by atoms with Crippen LogP contribution in [0.4, 0.5) is 0 Å². The molecule has 23 heavy (non-hydrogen) atoms. The van der Waals surface area contributed by atoms with Crippen LogP contribution < -0.4 is 0 Å². The number of tetrazole rings is 1. The van der Waals surface area contributed by atoms with Gasteiger partial charge in [0.15, 0.2) is 15.7 Å². The number of para-hydroxylation sites is 1. The predicted molar refractivity (Wildman–Crippen MR) is 86.7 cm³/mol. The highest BCUT2D eigenvalue weighted by Gasteiger charge is 2.19. The molecule has 118 valence electrons. The van der Waals surface area contributed by atoms with E-state index in [0.717, 1.165) is 16.8 Å². The molecular formula is C16H16N4O2S. The summed E-state index contributed by atoms with van der Waals surface area (Å²) in [7, 11) is -3.37. The second-order valence-electron chi connectivity index (χ2n) is 5.30. The molecule has 0 saturated heterocycles. The van der Waals surface area contributed by atoms with Gasteiger partial charge in [0, 0.05) is 0 Å². The minimum atomic E-state index is -3.37. The molecule has 0 unspecified atom stereocenters. The quantitative estimate of drug-likeness (QED) is 0.716. The summed E-state index contributed by atoms with van der Waals surface area (Å²) in [6.45, 7) is 1.90. The largest absolute Gasteiger partial charge is 0.228 e. The first-order chi connectivity index (χ1) is 11.1. The normalized spacial score (nSPS) is 11.5. The first-order valence-corrected chi connectivity index (χ1v) is 8.95. The van der Waals surface area contributed by atoms with Crippen molar-refractivity contribution in [1.82, 2.24) is 20.2 Å². The summed E-state index contributed by atoms with van der Waals surface area (Å²) in [6, 6.07) is 16.7. The van der Waals surface area contributed by atoms with Crippen molar-refractivity contribution in [2.45, 2.75) is 18.4 Å². The second-order valence-corrected chi connectivity index (χ2v) is 7.37. The second kappa shape index (κ2) is 6.29. The lowest BCUT2D eigenvalue weighted by atomic mass is 10.1. The molecule has 0 fully saturated rings. The molecule has 3 aromatic rings. The van der Waals surface area contributed by atoms with Crippen molar-refractivity contribution in [3.63, 3.8) is 0 Å². The highest BCUT2D eigenvalue weighted by atomic mass is 32.2. The van der Waals surface area contributed by atoms with Crippen molar-refractivity contribution >= 4 is 9.84 Å². The third-order valence-corrected chi connectivity index (χ3v) is 4.97. The molecule has 2 aromatic carbocycles. The van der Waals surface area contributed by atoms with Gasteiger partial charge in [0.2, 0.25) is 0 Å². The fourth-order valence-corrected chi connectivity index (χ4v) is 3.80. The molecular weight excluding hydrogens is 312 g/mol. The van der Waals surface area contributed by atoms with E-state index < -0.39 is 9.84 Å². The third kappa shape index (κ3) is 3.62. The molecule has 0 aliphatic heterocycles. The average Bonchev–Trinajstić information content (AvgIpc) is 2.97. The molecule has 0 radical (unpaired) electrons. The summed E-state index contributed by atoms with van der Waals surface area (Å²) in [5.74, 6) is 0.0784. The summed E-state index contributed by atoms with van der Waals surface area (Å²) in [6.07, 6.45) is 0. The summed E-state index contributed by atoms with van der Waals surface area (Å²) >= 11 is 0. The fourth-order valence-electron chi connectivity index (χ4n) is 2.32. The van der Waals surface area contributed by atoms with Gasteiger partial charge < -0.3 is 0 Å². The summed E-state index contributed by atoms with van der Waals surface area (Å²) in [5.41, 5.74) is 2.49. The van der Waals surface area contributed by atoms with E-state index in [4.69, 9.17) is 0 Å². The van der Waals surface area contributed by atoms with Crippen LogP contribution in [0.3, 0.4) is 0 Å². The van der Waals surface area contributed by atoms with Crippen LogP contribution >= 0.6 is 0 Å². The number of sulfone groups is 1. The van der Waals surface area contributed by atoms with Crippen molar-refractivity contribution in [2.24, 2.45) is 0 Å². The zero-order valence-electron chi connectivity index (χ0n) is 12.6. The fraction of sp³-hybridized carbons (Fsp3) is 0.188. The van der Waals surface area contributed by atoms with Crippen molar-refractivity contribution in [3.8, 4) is 5.69 Å². The van der Waals surface area contributed by atoms with Gasteiger partial charge in [-0.2, -0.15) is 4.68 Å². The Labute approximate surface area is 134 Å². The van der Waals surface area contributed by atoms with Crippen LogP contribution in [-0.4, -0.2) is 28.6 Å². The van der Waals surface area contributed by atoms with Gasteiger partial charge in [-0.3, -0.25) is 0 Å². The predicted octanol–water partition coefficient (Wildman–Crippen LogP) is 2.09. The number of hydrogen-bond acceptors (Lipinski definition) is 5. The molecule has 0 aliphatic rings. The Kier molecular flexibility index (Phi) is 4.20. The highest BCUT2D eigenvalue weighted by molar-refractivity contribution is 7.89. The molecule has 0 atom stereocenters. The van der Waals surface area contributed by atoms with E-state index in [1.807, 2.05) is 61.5 Å². The summed E-state index contributed by atoms with van der Waals surface area (Å²) in [4.78, 5) is 0. The number of aromatic nitrogens is 4. The zero-order valence-corrected chi connectivity index (χ0v) is 13.4. The van der Waals surface area contributed by atoms with E-state index >= 15 is 0 Å². The van der Waals surface area contributed by atoms with Crippen LogP contribution in [0.15, 0.2) is 54.6 Å². The minimum Gasteiger partial charge on any atom is -0.228 e. The maximum Gasteiger partial charge on any atom is 0.171 e. The molecule has 0 bridgehead atoms. The van der Waals surface area contributed by atoms with E-state index in [0.29, 0.717) is 5.82 Å². The maximum absolute atomic E-state index is 12.5. The van der Waals surface area contributed by atoms with Crippen LogP contribution in [0.25, 0.3) is 5.69 Å². The Morgan fingerprint density at radius 3 is 2.39 bits per heavy atom.